The Morgan fingerprint density at radius 2 is 1.40 bits per heavy atom. The van der Waals surface area contributed by atoms with Crippen molar-refractivity contribution < 1.29 is 83.8 Å². The van der Waals surface area contributed by atoms with E-state index in [9.17, 15) is 53.2 Å². The van der Waals surface area contributed by atoms with Crippen LogP contribution in [0, 0.1) is 66.6 Å². The number of hydrogen-bond acceptors (Lipinski definition) is 18. The average molecular weight is 1340 g/mol. The van der Waals surface area contributed by atoms with E-state index in [1.54, 1.807) is 6.92 Å². The summed E-state index contributed by atoms with van der Waals surface area (Å²) in [7, 11) is -5.32. The summed E-state index contributed by atoms with van der Waals surface area (Å²) in [5.41, 5.74) is 36.6. The van der Waals surface area contributed by atoms with Gasteiger partial charge >= 0.3 is 16.8 Å². The molecule has 0 spiro atoms. The number of allylic oxidation sites excluding steroid dienone is 6. The number of fused-ring (bicyclic) bond motifs is 7. The Morgan fingerprint density at radius 3 is 1.98 bits per heavy atom. The predicted molar refractivity (Wildman–Crippen MR) is 338 cm³/mol. The van der Waals surface area contributed by atoms with Crippen LogP contribution >= 0.6 is 7.82 Å². The van der Waals surface area contributed by atoms with Crippen molar-refractivity contribution in [2.75, 3.05) is 13.2 Å². The first-order valence-electron chi connectivity index (χ1n) is 30.5. The molecule has 0 saturated carbocycles. The van der Waals surface area contributed by atoms with Gasteiger partial charge in [-0.15, -0.1) is 0 Å². The van der Waals surface area contributed by atoms with Gasteiger partial charge in [-0.1, -0.05) is 40.7 Å². The maximum absolute atomic E-state index is 14.4. The third kappa shape index (κ3) is 14.1. The summed E-state index contributed by atoms with van der Waals surface area (Å²) >= 11 is 0. The van der Waals surface area contributed by atoms with Crippen molar-refractivity contribution in [1.82, 2.24) is 14.9 Å². The second-order valence-electron chi connectivity index (χ2n) is 27.0. The summed E-state index contributed by atoms with van der Waals surface area (Å²) in [5.74, 6) is -7.39. The number of phosphoric ester groups is 1. The van der Waals surface area contributed by atoms with E-state index in [0.717, 1.165) is 11.1 Å². The SMILES string of the molecule is C/C1=C2/[N-]C(=CC3=N/C(=C(/C)C4=N[C@@](C)([C@@H]5N=C1[C@](C)(CCC(=O)NC[C@@H](C)OP(=O)([O-])O[C@H]1O[C@H](CO)[C@@H](O)[C@H]1n1cnc6cc(C)c(C)cc61)[C@H]5CC(N)=O)[C@@](C)(CC(N)=O)[C@@H]4CCC(N)=O)[C@@](C)(CC(N)=O)[C@@H]3CCC(N)=O)C(C)(C)[C@@H]2CCC(N)=O.[CH3-].[Co+3]. The molecule has 2 aromatic rings. The number of aliphatic imine (C=N–C) groups is 3. The van der Waals surface area contributed by atoms with E-state index in [-0.39, 0.29) is 101 Å². The Labute approximate surface area is 547 Å². The van der Waals surface area contributed by atoms with E-state index in [1.807, 2.05) is 80.5 Å². The van der Waals surface area contributed by atoms with Gasteiger partial charge in [0.1, 0.15) is 18.2 Å². The Hall–Kier alpha value is -6.49. The predicted octanol–water partition coefficient (Wildman–Crippen LogP) is 3.76. The minimum atomic E-state index is -5.32. The number of amides is 7. The summed E-state index contributed by atoms with van der Waals surface area (Å²) in [5, 5.41) is 29.5. The van der Waals surface area contributed by atoms with E-state index in [4.69, 9.17) is 68.5 Å². The number of rotatable bonds is 26. The van der Waals surface area contributed by atoms with Crippen LogP contribution in [0.25, 0.3) is 16.4 Å². The largest absolute Gasteiger partial charge is 3.00 e. The summed E-state index contributed by atoms with van der Waals surface area (Å²) in [6.07, 6.45) is -3.41. The standard InChI is InChI=1S/C62H90N13O14P.CH3.Co/c1-29-20-39-40(21-30(29)2)75(28-70-39)52-53(84)41(27-76)87-57(52)89-90(85,86)88-31(3)26-69-49(83)18-19-59(8)37(22-46(66)80)56-62(11)61(10,25-48(68)82)36(14-17-45(65)79)51(74-62)33(5)55-60(9,24-47(67)81)34(12-15-43(63)77)38(71-55)23-42-58(6,7)35(13-16-44(64)78)50(72-42)32(4)54(59)73-56;;/h20-21,23,28,31,34-37,41,52-53,56-57,76,84H,12-19,22,24-27H2,1-11H3,(H15,63,64,65,66,67,68,69,71,72,73,74,77,78,79,80,81,82,83,85,86);1H3;/q;-1;+3/p-2/t31-,34-,35-,36-,37+,41-,52-,53-,56-,57-,59-,60+,61+,62+;;/m1../s1. The van der Waals surface area contributed by atoms with Crippen LogP contribution in [0.15, 0.2) is 67.8 Å². The number of aliphatic hydroxyl groups excluding tert-OH is 2. The third-order valence-electron chi connectivity index (χ3n) is 20.5. The first kappa shape index (κ1) is 74.5. The molecule has 15 N–H and O–H groups in total. The molecule has 0 radical (unpaired) electrons. The molecule has 2 saturated heterocycles. The second-order valence-corrected chi connectivity index (χ2v) is 28.3. The number of hydrogen-bond donors (Lipinski definition) is 9. The maximum atomic E-state index is 14.4. The minimum absolute atomic E-state index is 0. The summed E-state index contributed by atoms with van der Waals surface area (Å²) in [6.45, 7) is 19.0. The Kier molecular flexibility index (Phi) is 22.6. The first-order chi connectivity index (χ1) is 41.8. The van der Waals surface area contributed by atoms with Gasteiger partial charge in [0.25, 0.3) is 7.82 Å². The van der Waals surface area contributed by atoms with Crippen LogP contribution < -0.4 is 44.6 Å². The van der Waals surface area contributed by atoms with Crippen molar-refractivity contribution >= 4 is 77.3 Å². The quantitative estimate of drug-likeness (QED) is 0.0478. The number of benzene rings is 1. The number of primary amides is 6. The Balaban J connectivity index is 0.00000672. The third-order valence-corrected chi connectivity index (χ3v) is 21.6. The van der Waals surface area contributed by atoms with Crippen molar-refractivity contribution in [2.24, 2.45) is 94.7 Å². The zero-order valence-electron chi connectivity index (χ0n) is 54.5. The van der Waals surface area contributed by atoms with E-state index in [0.29, 0.717) is 56.4 Å². The van der Waals surface area contributed by atoms with Gasteiger partial charge in [-0.2, -0.15) is 11.4 Å². The molecule has 506 valence electrons. The molecule has 92 heavy (non-hydrogen) atoms. The monoisotopic (exact) mass is 1340 g/mol. The van der Waals surface area contributed by atoms with Crippen LogP contribution in [0.3, 0.4) is 0 Å². The van der Waals surface area contributed by atoms with Gasteiger partial charge in [0.2, 0.25) is 41.4 Å². The summed E-state index contributed by atoms with van der Waals surface area (Å²) < 4.78 is 31.9. The van der Waals surface area contributed by atoms with Crippen LogP contribution in [-0.4, -0.2) is 128 Å². The van der Waals surface area contributed by atoms with Crippen LogP contribution in [0.2, 0.25) is 0 Å². The molecule has 2 fully saturated rings. The molecule has 1 aromatic heterocycles. The molecule has 15 atom stereocenters. The normalized spacial score (nSPS) is 32.9. The molecule has 6 aliphatic heterocycles. The Bertz CT molecular complexity index is 3540. The molecule has 1 aromatic carbocycles. The molecule has 7 heterocycles. The van der Waals surface area contributed by atoms with Gasteiger partial charge in [0.05, 0.1) is 47.3 Å². The molecule has 8 rings (SSSR count). The molecule has 8 bridgehead atoms. The topological polar surface area (TPSA) is 465 Å². The molecule has 7 amide bonds. The molecule has 27 nitrogen and oxygen atoms in total. The second kappa shape index (κ2) is 27.8. The van der Waals surface area contributed by atoms with Gasteiger partial charge in [-0.3, -0.25) is 57.6 Å². The number of ether oxygens (including phenoxy) is 1. The van der Waals surface area contributed by atoms with E-state index >= 15 is 0 Å². The average Bonchev–Trinajstić information content (AvgIpc) is 1.53. The van der Waals surface area contributed by atoms with Gasteiger partial charge in [0.15, 0.2) is 6.29 Å². The van der Waals surface area contributed by atoms with Crippen LogP contribution in [-0.2, 0) is 68.7 Å². The maximum Gasteiger partial charge on any atom is 3.00 e. The number of aliphatic hydroxyl groups is 2. The van der Waals surface area contributed by atoms with Gasteiger partial charge in [-0.25, -0.2) is 4.98 Å². The number of nitrogens with one attached hydrogen (secondary N) is 1. The zero-order chi connectivity index (χ0) is 66.7. The fourth-order valence-corrected chi connectivity index (χ4v) is 16.4. The summed E-state index contributed by atoms with van der Waals surface area (Å²) in [4.78, 5) is 128. The van der Waals surface area contributed by atoms with E-state index < -0.39 is 143 Å². The fraction of sp³-hybridized carbons (Fsp3) is 0.619. The first-order valence-corrected chi connectivity index (χ1v) is 32.0. The van der Waals surface area contributed by atoms with E-state index in [2.05, 4.69) is 10.3 Å². The smallest absolute Gasteiger partial charge is 0.756 e. The number of aryl methyl sites for hydroxylation is 2. The van der Waals surface area contributed by atoms with Crippen molar-refractivity contribution in [3.05, 3.63) is 76.6 Å². The number of carbonyl (C=O) groups is 7. The minimum Gasteiger partial charge on any atom is -0.756 e. The number of nitrogens with two attached hydrogens (primary N) is 6. The number of imidazole rings is 1. The number of aromatic nitrogens is 2. The number of phosphoric acid groups is 1. The molecule has 29 heteroatoms. The zero-order valence-corrected chi connectivity index (χ0v) is 56.4. The van der Waals surface area contributed by atoms with Gasteiger partial charge < -0.3 is 81.4 Å². The van der Waals surface area contributed by atoms with Crippen molar-refractivity contribution in [3.63, 3.8) is 0 Å². The Morgan fingerprint density at radius 1 is 0.815 bits per heavy atom. The van der Waals surface area contributed by atoms with E-state index in [1.165, 1.54) is 17.8 Å². The molecular weight excluding hydrogens is 1250 g/mol. The van der Waals surface area contributed by atoms with Crippen LogP contribution in [0.5, 0.6) is 0 Å². The van der Waals surface area contributed by atoms with Crippen LogP contribution in [0.1, 0.15) is 150 Å². The molecule has 0 aliphatic carbocycles. The molecular formula is C63H91CoN13O14P. The fourth-order valence-electron chi connectivity index (χ4n) is 15.4. The number of carbonyl (C=O) groups excluding carboxylic acids is 7. The van der Waals surface area contributed by atoms with Crippen LogP contribution in [0.4, 0.5) is 0 Å². The molecule has 6 aliphatic rings. The van der Waals surface area contributed by atoms with Crippen molar-refractivity contribution in [2.45, 2.75) is 189 Å². The van der Waals surface area contributed by atoms with Gasteiger partial charge in [0, 0.05) is 103 Å². The van der Waals surface area contributed by atoms with Crippen molar-refractivity contribution in [3.8, 4) is 0 Å². The van der Waals surface area contributed by atoms with Gasteiger partial charge in [-0.05, 0) is 113 Å². The molecule has 1 unspecified atom stereocenters. The number of nitrogens with zero attached hydrogens (tertiary/aromatic N) is 6. The van der Waals surface area contributed by atoms with Crippen molar-refractivity contribution in [1.29, 1.82) is 0 Å². The summed E-state index contributed by atoms with van der Waals surface area (Å²) in [6, 6.07) is 1.43.